The zero-order valence-corrected chi connectivity index (χ0v) is 12.9. The lowest BCUT2D eigenvalue weighted by molar-refractivity contribution is -0.126. The molecule has 1 aliphatic heterocycles. The number of piperidine rings is 1. The van der Waals surface area contributed by atoms with E-state index in [1.165, 1.54) is 23.4 Å². The number of hydrogen-bond acceptors (Lipinski definition) is 4. The fourth-order valence-electron chi connectivity index (χ4n) is 3.26. The van der Waals surface area contributed by atoms with E-state index >= 15 is 0 Å². The maximum absolute atomic E-state index is 12.6. The average Bonchev–Trinajstić information content (AvgIpc) is 2.90. The standard InChI is InChI=1S/C15H23N3OS/c1-2-15(8-5-9-16-10-15)13(19)18-14-17-11-6-3-4-7-12(11)20-14/h16H,2-10H2,1H3,(H,17,18,19). The monoisotopic (exact) mass is 293 g/mol. The highest BCUT2D eigenvalue weighted by Crippen LogP contribution is 2.34. The van der Waals surface area contributed by atoms with Crippen molar-refractivity contribution in [2.75, 3.05) is 18.4 Å². The third kappa shape index (κ3) is 2.61. The quantitative estimate of drug-likeness (QED) is 0.901. The van der Waals surface area contributed by atoms with Gasteiger partial charge in [-0.2, -0.15) is 0 Å². The van der Waals surface area contributed by atoms with Gasteiger partial charge in [0.25, 0.3) is 0 Å². The Hall–Kier alpha value is -0.940. The van der Waals surface area contributed by atoms with E-state index in [0.29, 0.717) is 0 Å². The highest BCUT2D eigenvalue weighted by molar-refractivity contribution is 7.15. The first-order valence-electron chi connectivity index (χ1n) is 7.74. The van der Waals surface area contributed by atoms with Crippen molar-refractivity contribution in [3.05, 3.63) is 10.6 Å². The molecular weight excluding hydrogens is 270 g/mol. The zero-order valence-electron chi connectivity index (χ0n) is 12.1. The second kappa shape index (κ2) is 5.82. The molecule has 0 bridgehead atoms. The van der Waals surface area contributed by atoms with Crippen molar-refractivity contribution >= 4 is 22.4 Å². The maximum atomic E-state index is 12.6. The Morgan fingerprint density at radius 3 is 2.95 bits per heavy atom. The van der Waals surface area contributed by atoms with Crippen LogP contribution in [0.25, 0.3) is 0 Å². The van der Waals surface area contributed by atoms with Crippen molar-refractivity contribution in [1.29, 1.82) is 0 Å². The zero-order chi connectivity index (χ0) is 14.0. The molecule has 110 valence electrons. The highest BCUT2D eigenvalue weighted by Gasteiger charge is 2.38. The van der Waals surface area contributed by atoms with Crippen molar-refractivity contribution in [1.82, 2.24) is 10.3 Å². The van der Waals surface area contributed by atoms with Crippen LogP contribution in [0.2, 0.25) is 0 Å². The molecule has 20 heavy (non-hydrogen) atoms. The number of thiazole rings is 1. The molecule has 2 aliphatic rings. The van der Waals surface area contributed by atoms with Crippen LogP contribution in [-0.4, -0.2) is 24.0 Å². The topological polar surface area (TPSA) is 54.0 Å². The fourth-order valence-corrected chi connectivity index (χ4v) is 4.30. The molecule has 0 spiro atoms. The van der Waals surface area contributed by atoms with Gasteiger partial charge in [0.15, 0.2) is 5.13 Å². The van der Waals surface area contributed by atoms with Gasteiger partial charge in [0.2, 0.25) is 5.91 Å². The average molecular weight is 293 g/mol. The Labute approximate surface area is 124 Å². The molecule has 0 saturated carbocycles. The molecule has 0 radical (unpaired) electrons. The molecule has 5 heteroatoms. The predicted molar refractivity (Wildman–Crippen MR) is 82.2 cm³/mol. The minimum Gasteiger partial charge on any atom is -0.316 e. The molecule has 1 amide bonds. The lowest BCUT2D eigenvalue weighted by Gasteiger charge is -2.35. The smallest absolute Gasteiger partial charge is 0.233 e. The summed E-state index contributed by atoms with van der Waals surface area (Å²) >= 11 is 1.67. The molecule has 1 fully saturated rings. The van der Waals surface area contributed by atoms with Crippen LogP contribution in [0.3, 0.4) is 0 Å². The molecule has 1 atom stereocenters. The number of carbonyl (C=O) groups excluding carboxylic acids is 1. The summed E-state index contributed by atoms with van der Waals surface area (Å²) in [6.45, 7) is 3.93. The molecule has 2 N–H and O–H groups in total. The van der Waals surface area contributed by atoms with Crippen LogP contribution in [0.5, 0.6) is 0 Å². The van der Waals surface area contributed by atoms with Gasteiger partial charge >= 0.3 is 0 Å². The molecular formula is C15H23N3OS. The molecule has 2 heterocycles. The molecule has 1 aromatic rings. The molecule has 3 rings (SSSR count). The lowest BCUT2D eigenvalue weighted by Crippen LogP contribution is -2.47. The number of anilines is 1. The van der Waals surface area contributed by atoms with E-state index in [-0.39, 0.29) is 11.3 Å². The second-order valence-electron chi connectivity index (χ2n) is 5.96. The molecule has 1 unspecified atom stereocenters. The van der Waals surface area contributed by atoms with Gasteiger partial charge in [-0.1, -0.05) is 6.92 Å². The van der Waals surface area contributed by atoms with Gasteiger partial charge < -0.3 is 10.6 Å². The molecule has 4 nitrogen and oxygen atoms in total. The van der Waals surface area contributed by atoms with Crippen LogP contribution in [0, 0.1) is 5.41 Å². The van der Waals surface area contributed by atoms with Crippen molar-refractivity contribution < 1.29 is 4.79 Å². The van der Waals surface area contributed by atoms with E-state index in [1.807, 2.05) is 0 Å². The van der Waals surface area contributed by atoms with Crippen molar-refractivity contribution in [2.24, 2.45) is 5.41 Å². The van der Waals surface area contributed by atoms with E-state index in [0.717, 1.165) is 50.3 Å². The Bertz CT molecular complexity index is 468. The minimum atomic E-state index is -0.246. The van der Waals surface area contributed by atoms with Gasteiger partial charge in [0.05, 0.1) is 11.1 Å². The normalized spacial score (nSPS) is 26.1. The van der Waals surface area contributed by atoms with Gasteiger partial charge in [0, 0.05) is 11.4 Å². The van der Waals surface area contributed by atoms with E-state index in [2.05, 4.69) is 22.5 Å². The van der Waals surface area contributed by atoms with Crippen LogP contribution in [0.15, 0.2) is 0 Å². The summed E-state index contributed by atoms with van der Waals surface area (Å²) in [5, 5.41) is 7.26. The van der Waals surface area contributed by atoms with Crippen molar-refractivity contribution in [3.8, 4) is 0 Å². The maximum Gasteiger partial charge on any atom is 0.233 e. The number of nitrogens with zero attached hydrogens (tertiary/aromatic N) is 1. The van der Waals surface area contributed by atoms with E-state index in [9.17, 15) is 4.79 Å². The predicted octanol–water partition coefficient (Wildman–Crippen LogP) is 2.74. The van der Waals surface area contributed by atoms with Gasteiger partial charge in [-0.05, 0) is 51.5 Å². The van der Waals surface area contributed by atoms with Crippen LogP contribution in [0.4, 0.5) is 5.13 Å². The Kier molecular flexibility index (Phi) is 4.08. The van der Waals surface area contributed by atoms with E-state index < -0.39 is 0 Å². The number of aromatic nitrogens is 1. The van der Waals surface area contributed by atoms with Gasteiger partial charge in [-0.3, -0.25) is 4.79 Å². The SMILES string of the molecule is CCC1(C(=O)Nc2nc3c(s2)CCCC3)CCCNC1. The minimum absolute atomic E-state index is 0.151. The number of carbonyl (C=O) groups is 1. The van der Waals surface area contributed by atoms with Gasteiger partial charge in [0.1, 0.15) is 0 Å². The largest absolute Gasteiger partial charge is 0.316 e. The fraction of sp³-hybridized carbons (Fsp3) is 0.733. The summed E-state index contributed by atoms with van der Waals surface area (Å²) in [6, 6.07) is 0. The number of rotatable bonds is 3. The van der Waals surface area contributed by atoms with Crippen LogP contribution in [0.1, 0.15) is 49.6 Å². The first-order valence-corrected chi connectivity index (χ1v) is 8.56. The first-order chi connectivity index (χ1) is 9.73. The Morgan fingerprint density at radius 1 is 1.40 bits per heavy atom. The molecule has 1 saturated heterocycles. The third-order valence-corrected chi connectivity index (χ3v) is 5.77. The summed E-state index contributed by atoms with van der Waals surface area (Å²) < 4.78 is 0. The summed E-state index contributed by atoms with van der Waals surface area (Å²) in [5.74, 6) is 0.151. The molecule has 1 aromatic heterocycles. The second-order valence-corrected chi connectivity index (χ2v) is 7.05. The lowest BCUT2D eigenvalue weighted by atomic mass is 9.77. The van der Waals surface area contributed by atoms with Crippen molar-refractivity contribution in [2.45, 2.75) is 51.9 Å². The van der Waals surface area contributed by atoms with E-state index in [4.69, 9.17) is 0 Å². The van der Waals surface area contributed by atoms with Crippen molar-refractivity contribution in [3.63, 3.8) is 0 Å². The van der Waals surface area contributed by atoms with Gasteiger partial charge in [-0.15, -0.1) is 11.3 Å². The summed E-state index contributed by atoms with van der Waals surface area (Å²) in [4.78, 5) is 18.6. The summed E-state index contributed by atoms with van der Waals surface area (Å²) in [5.41, 5.74) is 0.966. The Balaban J connectivity index is 1.73. The summed E-state index contributed by atoms with van der Waals surface area (Å²) in [7, 11) is 0. The Morgan fingerprint density at radius 2 is 2.25 bits per heavy atom. The summed E-state index contributed by atoms with van der Waals surface area (Å²) in [6.07, 6.45) is 7.63. The van der Waals surface area contributed by atoms with E-state index in [1.54, 1.807) is 11.3 Å². The number of hydrogen-bond donors (Lipinski definition) is 2. The molecule has 0 aromatic carbocycles. The van der Waals surface area contributed by atoms with Gasteiger partial charge in [-0.25, -0.2) is 4.98 Å². The van der Waals surface area contributed by atoms with Crippen LogP contribution < -0.4 is 10.6 Å². The number of amides is 1. The molecule has 1 aliphatic carbocycles. The highest BCUT2D eigenvalue weighted by atomic mass is 32.1. The number of fused-ring (bicyclic) bond motifs is 1. The van der Waals surface area contributed by atoms with Crippen LogP contribution >= 0.6 is 11.3 Å². The third-order valence-electron chi connectivity index (χ3n) is 4.70. The van der Waals surface area contributed by atoms with Crippen LogP contribution in [-0.2, 0) is 17.6 Å². The number of nitrogens with one attached hydrogen (secondary N) is 2. The number of aryl methyl sites for hydroxylation is 2. The first kappa shape index (κ1) is 14.0.